The van der Waals surface area contributed by atoms with Crippen LogP contribution in [-0.4, -0.2) is 48.9 Å². The van der Waals surface area contributed by atoms with Gasteiger partial charge in [-0.3, -0.25) is 14.9 Å². The number of nitro benzene ring substituents is 1. The zero-order valence-corrected chi connectivity index (χ0v) is 14.0. The van der Waals surface area contributed by atoms with E-state index < -0.39 is 14.9 Å². The Balaban J connectivity index is 1.92. The van der Waals surface area contributed by atoms with Crippen LogP contribution in [-0.2, 0) is 14.8 Å². The third-order valence-electron chi connectivity index (χ3n) is 3.82. The van der Waals surface area contributed by atoms with E-state index >= 15 is 0 Å². The van der Waals surface area contributed by atoms with Crippen molar-refractivity contribution in [3.63, 3.8) is 0 Å². The second-order valence-electron chi connectivity index (χ2n) is 5.59. The summed E-state index contributed by atoms with van der Waals surface area (Å²) in [5, 5.41) is 13.7. The van der Waals surface area contributed by atoms with Gasteiger partial charge in [0.1, 0.15) is 0 Å². The van der Waals surface area contributed by atoms with Crippen LogP contribution in [0.2, 0.25) is 0 Å². The van der Waals surface area contributed by atoms with Crippen LogP contribution in [0.1, 0.15) is 18.4 Å². The fourth-order valence-electron chi connectivity index (χ4n) is 2.54. The van der Waals surface area contributed by atoms with E-state index in [0.717, 1.165) is 0 Å². The molecule has 1 saturated heterocycles. The lowest BCUT2D eigenvalue weighted by atomic mass is 10.1. The van der Waals surface area contributed by atoms with Gasteiger partial charge in [0.15, 0.2) is 0 Å². The van der Waals surface area contributed by atoms with Crippen molar-refractivity contribution >= 4 is 27.7 Å². The first-order valence-electron chi connectivity index (χ1n) is 7.44. The van der Waals surface area contributed by atoms with E-state index in [1.54, 1.807) is 18.2 Å². The lowest BCUT2D eigenvalue weighted by Crippen LogP contribution is -2.45. The lowest BCUT2D eigenvalue weighted by Gasteiger charge is -2.30. The van der Waals surface area contributed by atoms with Gasteiger partial charge in [0.05, 0.1) is 16.7 Å². The topological polar surface area (TPSA) is 110 Å². The molecule has 0 atom stereocenters. The number of nitrogens with one attached hydrogen (secondary N) is 1. The normalized spacial score (nSPS) is 17.0. The van der Waals surface area contributed by atoms with Gasteiger partial charge in [-0.1, -0.05) is 12.1 Å². The molecule has 1 fully saturated rings. The molecule has 9 heteroatoms. The monoisotopic (exact) mass is 353 g/mol. The zero-order chi connectivity index (χ0) is 17.7. The highest BCUT2D eigenvalue weighted by molar-refractivity contribution is 7.88. The molecule has 1 aromatic carbocycles. The molecule has 1 N–H and O–H groups in total. The van der Waals surface area contributed by atoms with Gasteiger partial charge in [-0.2, -0.15) is 0 Å². The summed E-state index contributed by atoms with van der Waals surface area (Å²) in [5.41, 5.74) is 0.285. The quantitative estimate of drug-likeness (QED) is 0.485. The number of rotatable bonds is 5. The standard InChI is InChI=1S/C15H19N3O5S/c1-24(22,23)17-10-8-13(9-11-17)16-15(19)7-6-12-4-2-3-5-14(12)18(20)21/h2-7,13H,8-11H2,1H3,(H,16,19). The van der Waals surface area contributed by atoms with Crippen LogP contribution >= 0.6 is 0 Å². The number of hydrogen-bond acceptors (Lipinski definition) is 5. The van der Waals surface area contributed by atoms with Crippen LogP contribution < -0.4 is 5.32 Å². The van der Waals surface area contributed by atoms with Crippen LogP contribution in [0.3, 0.4) is 0 Å². The summed E-state index contributed by atoms with van der Waals surface area (Å²) in [5.74, 6) is -0.356. The molecule has 1 amide bonds. The van der Waals surface area contributed by atoms with E-state index in [2.05, 4.69) is 5.32 Å². The molecule has 1 aromatic rings. The van der Waals surface area contributed by atoms with Crippen molar-refractivity contribution in [2.75, 3.05) is 19.3 Å². The van der Waals surface area contributed by atoms with Crippen LogP contribution in [0.25, 0.3) is 6.08 Å². The summed E-state index contributed by atoms with van der Waals surface area (Å²) in [6, 6.07) is 6.05. The van der Waals surface area contributed by atoms with Crippen molar-refractivity contribution in [3.8, 4) is 0 Å². The number of benzene rings is 1. The molecule has 0 unspecified atom stereocenters. The number of sulfonamides is 1. The second kappa shape index (κ2) is 7.54. The minimum absolute atomic E-state index is 0.0667. The molecule has 0 saturated carbocycles. The molecule has 0 spiro atoms. The molecule has 0 bridgehead atoms. The van der Waals surface area contributed by atoms with Gasteiger partial charge in [-0.15, -0.1) is 0 Å². The van der Waals surface area contributed by atoms with E-state index in [1.165, 1.54) is 28.8 Å². The number of carbonyl (C=O) groups excluding carboxylic acids is 1. The maximum absolute atomic E-state index is 11.9. The minimum Gasteiger partial charge on any atom is -0.350 e. The average Bonchev–Trinajstić information content (AvgIpc) is 2.53. The fourth-order valence-corrected chi connectivity index (χ4v) is 3.42. The number of para-hydroxylation sites is 1. The van der Waals surface area contributed by atoms with Gasteiger partial charge in [0.2, 0.25) is 15.9 Å². The Kier molecular flexibility index (Phi) is 5.68. The van der Waals surface area contributed by atoms with E-state index in [0.29, 0.717) is 31.5 Å². The molecule has 24 heavy (non-hydrogen) atoms. The third kappa shape index (κ3) is 4.87. The Morgan fingerprint density at radius 1 is 1.33 bits per heavy atom. The number of hydrogen-bond donors (Lipinski definition) is 1. The molecule has 0 radical (unpaired) electrons. The van der Waals surface area contributed by atoms with Gasteiger partial charge in [-0.25, -0.2) is 12.7 Å². The Morgan fingerprint density at radius 3 is 2.54 bits per heavy atom. The van der Waals surface area contributed by atoms with Gasteiger partial charge in [-0.05, 0) is 25.0 Å². The molecule has 0 aromatic heterocycles. The highest BCUT2D eigenvalue weighted by atomic mass is 32.2. The number of nitro groups is 1. The highest BCUT2D eigenvalue weighted by Crippen LogP contribution is 2.19. The molecule has 0 aliphatic carbocycles. The van der Waals surface area contributed by atoms with Gasteiger partial charge in [0.25, 0.3) is 5.69 Å². The summed E-state index contributed by atoms with van der Waals surface area (Å²) in [6.07, 6.45) is 4.90. The average molecular weight is 353 g/mol. The number of nitrogens with zero attached hydrogens (tertiary/aromatic N) is 2. The fraction of sp³-hybridized carbons (Fsp3) is 0.400. The number of amides is 1. The van der Waals surface area contributed by atoms with Crippen molar-refractivity contribution in [1.29, 1.82) is 0 Å². The van der Waals surface area contributed by atoms with E-state index in [-0.39, 0.29) is 17.6 Å². The molecule has 1 aliphatic heterocycles. The molecular formula is C15H19N3O5S. The molecule has 8 nitrogen and oxygen atoms in total. The predicted octanol–water partition coefficient (Wildman–Crippen LogP) is 1.15. The maximum atomic E-state index is 11.9. The van der Waals surface area contributed by atoms with E-state index in [9.17, 15) is 23.3 Å². The molecule has 130 valence electrons. The first-order valence-corrected chi connectivity index (χ1v) is 9.29. The van der Waals surface area contributed by atoms with Crippen LogP contribution in [0.5, 0.6) is 0 Å². The summed E-state index contributed by atoms with van der Waals surface area (Å²) in [6.45, 7) is 0.745. The summed E-state index contributed by atoms with van der Waals surface area (Å²) < 4.78 is 24.3. The predicted molar refractivity (Wildman–Crippen MR) is 89.7 cm³/mol. The second-order valence-corrected chi connectivity index (χ2v) is 7.58. The van der Waals surface area contributed by atoms with Gasteiger partial charge >= 0.3 is 0 Å². The first-order chi connectivity index (χ1) is 11.3. The third-order valence-corrected chi connectivity index (χ3v) is 5.12. The van der Waals surface area contributed by atoms with E-state index in [1.807, 2.05) is 0 Å². The van der Waals surface area contributed by atoms with E-state index in [4.69, 9.17) is 0 Å². The van der Waals surface area contributed by atoms with Crippen molar-refractivity contribution in [1.82, 2.24) is 9.62 Å². The molecule has 2 rings (SSSR count). The van der Waals surface area contributed by atoms with Crippen LogP contribution in [0.15, 0.2) is 30.3 Å². The Bertz CT molecular complexity index is 752. The molecule has 1 heterocycles. The summed E-state index contributed by atoms with van der Waals surface area (Å²) >= 11 is 0. The molecular weight excluding hydrogens is 334 g/mol. The maximum Gasteiger partial charge on any atom is 0.276 e. The van der Waals surface area contributed by atoms with Gasteiger partial charge in [0, 0.05) is 31.3 Å². The van der Waals surface area contributed by atoms with Crippen molar-refractivity contribution in [2.45, 2.75) is 18.9 Å². The summed E-state index contributed by atoms with van der Waals surface area (Å²) in [7, 11) is -3.19. The highest BCUT2D eigenvalue weighted by Gasteiger charge is 2.25. The van der Waals surface area contributed by atoms with Crippen LogP contribution in [0, 0.1) is 10.1 Å². The van der Waals surface area contributed by atoms with Gasteiger partial charge < -0.3 is 5.32 Å². The zero-order valence-electron chi connectivity index (χ0n) is 13.2. The van der Waals surface area contributed by atoms with Crippen molar-refractivity contribution in [3.05, 3.63) is 46.0 Å². The Morgan fingerprint density at radius 2 is 1.96 bits per heavy atom. The minimum atomic E-state index is -3.19. The Labute approximate surface area is 140 Å². The van der Waals surface area contributed by atoms with Crippen molar-refractivity contribution < 1.29 is 18.1 Å². The Hall–Kier alpha value is -2.26. The lowest BCUT2D eigenvalue weighted by molar-refractivity contribution is -0.385. The SMILES string of the molecule is CS(=O)(=O)N1CCC(NC(=O)C=Cc2ccccc2[N+](=O)[O-])CC1. The molecule has 1 aliphatic rings. The number of piperidine rings is 1. The smallest absolute Gasteiger partial charge is 0.276 e. The van der Waals surface area contributed by atoms with Crippen LogP contribution in [0.4, 0.5) is 5.69 Å². The van der Waals surface area contributed by atoms with Crippen molar-refractivity contribution in [2.24, 2.45) is 0 Å². The first kappa shape index (κ1) is 18.1. The summed E-state index contributed by atoms with van der Waals surface area (Å²) in [4.78, 5) is 22.4. The number of carbonyl (C=O) groups is 1. The largest absolute Gasteiger partial charge is 0.350 e.